The SMILES string of the molecule is Cc1cc2c(c(C)c1Br)N(C)C(=O)CO2. The number of nitrogens with zero attached hydrogens (tertiary/aromatic N) is 1. The van der Waals surface area contributed by atoms with Crippen molar-refractivity contribution in [3.8, 4) is 5.75 Å². The zero-order valence-electron chi connectivity index (χ0n) is 8.93. The molecule has 0 aromatic heterocycles. The van der Waals surface area contributed by atoms with E-state index in [2.05, 4.69) is 15.9 Å². The van der Waals surface area contributed by atoms with Gasteiger partial charge in [0.2, 0.25) is 0 Å². The maximum absolute atomic E-state index is 11.5. The second-order valence-electron chi connectivity index (χ2n) is 3.72. The van der Waals surface area contributed by atoms with Gasteiger partial charge in [0.1, 0.15) is 5.75 Å². The number of halogens is 1. The predicted molar refractivity (Wildman–Crippen MR) is 62.5 cm³/mol. The molecule has 3 nitrogen and oxygen atoms in total. The van der Waals surface area contributed by atoms with Gasteiger partial charge in [-0.25, -0.2) is 0 Å². The lowest BCUT2D eigenvalue weighted by atomic mass is 10.1. The van der Waals surface area contributed by atoms with Crippen LogP contribution in [0.15, 0.2) is 10.5 Å². The lowest BCUT2D eigenvalue weighted by molar-refractivity contribution is -0.121. The number of rotatable bonds is 0. The number of carbonyl (C=O) groups excluding carboxylic acids is 1. The van der Waals surface area contributed by atoms with E-state index in [1.54, 1.807) is 11.9 Å². The Morgan fingerprint density at radius 1 is 1.47 bits per heavy atom. The summed E-state index contributed by atoms with van der Waals surface area (Å²) in [4.78, 5) is 13.1. The minimum absolute atomic E-state index is 0.0126. The van der Waals surface area contributed by atoms with Crippen LogP contribution in [-0.2, 0) is 4.79 Å². The summed E-state index contributed by atoms with van der Waals surface area (Å²) in [5, 5.41) is 0. The van der Waals surface area contributed by atoms with Gasteiger partial charge in [-0.3, -0.25) is 4.79 Å². The Morgan fingerprint density at radius 3 is 2.80 bits per heavy atom. The molecule has 0 N–H and O–H groups in total. The van der Waals surface area contributed by atoms with Gasteiger partial charge in [-0.05, 0) is 31.0 Å². The van der Waals surface area contributed by atoms with Crippen LogP contribution in [0.1, 0.15) is 11.1 Å². The molecular weight excluding hydrogens is 258 g/mol. The number of carbonyl (C=O) groups is 1. The number of benzene rings is 1. The Kier molecular flexibility index (Phi) is 2.46. The third-order valence-electron chi connectivity index (χ3n) is 2.67. The lowest BCUT2D eigenvalue weighted by Crippen LogP contribution is -2.36. The summed E-state index contributed by atoms with van der Waals surface area (Å²) in [5.74, 6) is 0.775. The number of aryl methyl sites for hydroxylation is 1. The van der Waals surface area contributed by atoms with Crippen molar-refractivity contribution in [2.45, 2.75) is 13.8 Å². The smallest absolute Gasteiger partial charge is 0.264 e. The van der Waals surface area contributed by atoms with Gasteiger partial charge in [0.05, 0.1) is 5.69 Å². The third-order valence-corrected chi connectivity index (χ3v) is 3.89. The molecule has 0 spiro atoms. The number of hydrogen-bond acceptors (Lipinski definition) is 2. The summed E-state index contributed by atoms with van der Waals surface area (Å²) in [6.45, 7) is 4.12. The van der Waals surface area contributed by atoms with E-state index >= 15 is 0 Å². The van der Waals surface area contributed by atoms with Gasteiger partial charge in [0, 0.05) is 11.5 Å². The van der Waals surface area contributed by atoms with Crippen molar-refractivity contribution in [1.29, 1.82) is 0 Å². The first-order valence-electron chi connectivity index (χ1n) is 4.71. The molecule has 0 atom stereocenters. The van der Waals surface area contributed by atoms with Gasteiger partial charge in [-0.15, -0.1) is 0 Å². The summed E-state index contributed by atoms with van der Waals surface area (Å²) < 4.78 is 6.44. The monoisotopic (exact) mass is 269 g/mol. The fourth-order valence-corrected chi connectivity index (χ4v) is 2.10. The quantitative estimate of drug-likeness (QED) is 0.724. The fraction of sp³-hybridized carbons (Fsp3) is 0.364. The van der Waals surface area contributed by atoms with Gasteiger partial charge >= 0.3 is 0 Å². The maximum Gasteiger partial charge on any atom is 0.264 e. The lowest BCUT2D eigenvalue weighted by Gasteiger charge is -2.28. The maximum atomic E-state index is 11.5. The minimum Gasteiger partial charge on any atom is -0.482 e. The Hall–Kier alpha value is -1.03. The number of hydrogen-bond donors (Lipinski definition) is 0. The van der Waals surface area contributed by atoms with Gasteiger partial charge in [-0.1, -0.05) is 15.9 Å². The van der Waals surface area contributed by atoms with Crippen LogP contribution >= 0.6 is 15.9 Å². The topological polar surface area (TPSA) is 29.5 Å². The molecule has 0 saturated carbocycles. The largest absolute Gasteiger partial charge is 0.482 e. The molecule has 15 heavy (non-hydrogen) atoms. The highest BCUT2D eigenvalue weighted by atomic mass is 79.9. The zero-order valence-corrected chi connectivity index (χ0v) is 10.5. The van der Waals surface area contributed by atoms with E-state index in [-0.39, 0.29) is 12.5 Å². The normalized spacial score (nSPS) is 14.9. The number of fused-ring (bicyclic) bond motifs is 1. The van der Waals surface area contributed by atoms with Crippen LogP contribution in [0.2, 0.25) is 0 Å². The Labute approximate surface area is 97.2 Å². The second-order valence-corrected chi connectivity index (χ2v) is 4.51. The average Bonchev–Trinajstić information content (AvgIpc) is 2.20. The zero-order chi connectivity index (χ0) is 11.2. The van der Waals surface area contributed by atoms with Gasteiger partial charge < -0.3 is 9.64 Å². The van der Waals surface area contributed by atoms with Crippen molar-refractivity contribution >= 4 is 27.5 Å². The molecule has 1 amide bonds. The van der Waals surface area contributed by atoms with Crippen LogP contribution in [0.3, 0.4) is 0 Å². The Balaban J connectivity index is 2.67. The van der Waals surface area contributed by atoms with E-state index in [4.69, 9.17) is 4.74 Å². The van der Waals surface area contributed by atoms with Gasteiger partial charge in [0.25, 0.3) is 5.91 Å². The first-order valence-corrected chi connectivity index (χ1v) is 5.50. The first-order chi connectivity index (χ1) is 7.02. The van der Waals surface area contributed by atoms with Crippen LogP contribution in [-0.4, -0.2) is 19.6 Å². The molecule has 0 aliphatic carbocycles. The second kappa shape index (κ2) is 3.52. The Morgan fingerprint density at radius 2 is 2.13 bits per heavy atom. The van der Waals surface area contributed by atoms with E-state index in [1.165, 1.54) is 0 Å². The van der Waals surface area contributed by atoms with Crippen molar-refractivity contribution < 1.29 is 9.53 Å². The summed E-state index contributed by atoms with van der Waals surface area (Å²) in [5.41, 5.74) is 3.03. The molecule has 1 heterocycles. The van der Waals surface area contributed by atoms with Gasteiger partial charge in [0.15, 0.2) is 6.61 Å². The van der Waals surface area contributed by atoms with Crippen molar-refractivity contribution in [2.24, 2.45) is 0 Å². The van der Waals surface area contributed by atoms with Crippen LogP contribution in [0.4, 0.5) is 5.69 Å². The van der Waals surface area contributed by atoms with Crippen LogP contribution < -0.4 is 9.64 Å². The number of amides is 1. The molecule has 1 aromatic rings. The molecule has 1 aromatic carbocycles. The molecule has 1 aliphatic heterocycles. The Bertz CT molecular complexity index is 443. The average molecular weight is 270 g/mol. The summed E-state index contributed by atoms with van der Waals surface area (Å²) in [7, 11) is 1.78. The van der Waals surface area contributed by atoms with E-state index in [1.807, 2.05) is 19.9 Å². The van der Waals surface area contributed by atoms with Crippen molar-refractivity contribution in [2.75, 3.05) is 18.6 Å². The molecule has 0 bridgehead atoms. The summed E-state index contributed by atoms with van der Waals surface area (Å²) in [6.07, 6.45) is 0. The van der Waals surface area contributed by atoms with Crippen molar-refractivity contribution in [3.05, 3.63) is 21.7 Å². The number of anilines is 1. The predicted octanol–water partition coefficient (Wildman–Crippen LogP) is 2.42. The molecular formula is C11H12BrNO2. The fourth-order valence-electron chi connectivity index (χ4n) is 1.80. The first kappa shape index (κ1) is 10.5. The van der Waals surface area contributed by atoms with E-state index in [0.717, 1.165) is 27.0 Å². The molecule has 0 saturated heterocycles. The van der Waals surface area contributed by atoms with Crippen LogP contribution in [0.5, 0.6) is 5.75 Å². The number of likely N-dealkylation sites (N-methyl/N-ethyl adjacent to an activating group) is 1. The van der Waals surface area contributed by atoms with Crippen molar-refractivity contribution in [1.82, 2.24) is 0 Å². The molecule has 80 valence electrons. The summed E-state index contributed by atoms with van der Waals surface area (Å²) >= 11 is 3.51. The molecule has 0 unspecified atom stereocenters. The highest BCUT2D eigenvalue weighted by molar-refractivity contribution is 9.10. The van der Waals surface area contributed by atoms with E-state index in [0.29, 0.717) is 0 Å². The minimum atomic E-state index is -0.0126. The highest BCUT2D eigenvalue weighted by Crippen LogP contribution is 2.40. The summed E-state index contributed by atoms with van der Waals surface area (Å²) in [6, 6.07) is 1.95. The van der Waals surface area contributed by atoms with Crippen LogP contribution in [0, 0.1) is 13.8 Å². The standard InChI is InChI=1S/C11H12BrNO2/c1-6-4-8-11(7(2)10(6)12)13(3)9(14)5-15-8/h4H,5H2,1-3H3. The number of ether oxygens (including phenoxy) is 1. The molecule has 1 aliphatic rings. The third kappa shape index (κ3) is 1.53. The van der Waals surface area contributed by atoms with Gasteiger partial charge in [-0.2, -0.15) is 0 Å². The van der Waals surface area contributed by atoms with Crippen LogP contribution in [0.25, 0.3) is 0 Å². The van der Waals surface area contributed by atoms with E-state index in [9.17, 15) is 4.79 Å². The molecule has 0 radical (unpaired) electrons. The van der Waals surface area contributed by atoms with E-state index < -0.39 is 0 Å². The highest BCUT2D eigenvalue weighted by Gasteiger charge is 2.25. The molecule has 2 rings (SSSR count). The molecule has 0 fully saturated rings. The molecule has 4 heteroatoms. The van der Waals surface area contributed by atoms with Crippen molar-refractivity contribution in [3.63, 3.8) is 0 Å².